The summed E-state index contributed by atoms with van der Waals surface area (Å²) in [4.78, 5) is 43.3. The summed E-state index contributed by atoms with van der Waals surface area (Å²) in [6.07, 6.45) is 1.51. The largest absolute Gasteiger partial charge is 0.394 e. The van der Waals surface area contributed by atoms with Crippen LogP contribution in [0, 0.1) is 25.7 Å². The third-order valence-corrected chi connectivity index (χ3v) is 8.51. The van der Waals surface area contributed by atoms with Gasteiger partial charge in [0, 0.05) is 11.4 Å². The first kappa shape index (κ1) is 25.4. The van der Waals surface area contributed by atoms with Gasteiger partial charge < -0.3 is 25.4 Å². The van der Waals surface area contributed by atoms with E-state index in [-0.39, 0.29) is 24.3 Å². The van der Waals surface area contributed by atoms with E-state index in [0.29, 0.717) is 30.6 Å². The molecule has 37 heavy (non-hydrogen) atoms. The molecule has 2 aromatic rings. The average Bonchev–Trinajstić information content (AvgIpc) is 3.44. The van der Waals surface area contributed by atoms with E-state index >= 15 is 0 Å². The predicted molar refractivity (Wildman–Crippen MR) is 140 cm³/mol. The Bertz CT molecular complexity index is 1230. The summed E-state index contributed by atoms with van der Waals surface area (Å²) < 4.78 is 6.64. The van der Waals surface area contributed by atoms with Crippen molar-refractivity contribution in [2.45, 2.75) is 70.2 Å². The highest BCUT2D eigenvalue weighted by Gasteiger charge is 2.78. The molecule has 8 nitrogen and oxygen atoms in total. The van der Waals surface area contributed by atoms with Gasteiger partial charge in [-0.1, -0.05) is 37.3 Å². The summed E-state index contributed by atoms with van der Waals surface area (Å²) in [5.74, 6) is -2.53. The Morgan fingerprint density at radius 2 is 1.84 bits per heavy atom. The SMILES string of the molecule is CC[C@@H](CO)N1C(=O)[C@@H]2[C@@H](C(=O)Nc3ccccc3)[C@@]3(C)CCC2(O3)C1C(=O)Nc1cc(C)ccc1C. The normalized spacial score (nSPS) is 30.8. The number of para-hydroxylation sites is 1. The molecule has 196 valence electrons. The molecule has 2 unspecified atom stereocenters. The zero-order chi connectivity index (χ0) is 26.5. The number of aliphatic hydroxyl groups is 1. The van der Waals surface area contributed by atoms with Crippen molar-refractivity contribution in [3.63, 3.8) is 0 Å². The van der Waals surface area contributed by atoms with Crippen molar-refractivity contribution in [1.29, 1.82) is 0 Å². The van der Waals surface area contributed by atoms with Crippen molar-refractivity contribution in [3.8, 4) is 0 Å². The fraction of sp³-hybridized carbons (Fsp3) is 0.483. The van der Waals surface area contributed by atoms with E-state index < -0.39 is 35.1 Å². The molecule has 0 aliphatic carbocycles. The van der Waals surface area contributed by atoms with Gasteiger partial charge in [-0.2, -0.15) is 0 Å². The number of ether oxygens (including phenoxy) is 1. The molecule has 3 aliphatic heterocycles. The lowest BCUT2D eigenvalue weighted by Crippen LogP contribution is -2.56. The van der Waals surface area contributed by atoms with Gasteiger partial charge in [0.05, 0.1) is 30.1 Å². The molecule has 5 rings (SSSR count). The monoisotopic (exact) mass is 505 g/mol. The Kier molecular flexibility index (Phi) is 6.36. The summed E-state index contributed by atoms with van der Waals surface area (Å²) >= 11 is 0. The third-order valence-electron chi connectivity index (χ3n) is 8.51. The second kappa shape index (κ2) is 9.26. The number of anilines is 2. The second-order valence-corrected chi connectivity index (χ2v) is 10.9. The van der Waals surface area contributed by atoms with E-state index in [0.717, 1.165) is 11.1 Å². The zero-order valence-corrected chi connectivity index (χ0v) is 21.8. The van der Waals surface area contributed by atoms with Gasteiger partial charge >= 0.3 is 0 Å². The minimum atomic E-state index is -1.14. The molecule has 8 heteroatoms. The lowest BCUT2D eigenvalue weighted by Gasteiger charge is -2.36. The molecule has 0 aromatic heterocycles. The fourth-order valence-corrected chi connectivity index (χ4v) is 6.68. The Hall–Kier alpha value is -3.23. The van der Waals surface area contributed by atoms with Gasteiger partial charge in [-0.15, -0.1) is 0 Å². The number of aliphatic hydroxyl groups excluding tert-OH is 1. The molecule has 3 saturated heterocycles. The van der Waals surface area contributed by atoms with Gasteiger partial charge in [0.2, 0.25) is 17.7 Å². The topological polar surface area (TPSA) is 108 Å². The molecule has 2 bridgehead atoms. The first-order chi connectivity index (χ1) is 17.6. The van der Waals surface area contributed by atoms with Crippen molar-refractivity contribution in [1.82, 2.24) is 4.90 Å². The van der Waals surface area contributed by atoms with E-state index in [4.69, 9.17) is 4.74 Å². The molecule has 3 aliphatic rings. The van der Waals surface area contributed by atoms with Gasteiger partial charge in [-0.25, -0.2) is 0 Å². The summed E-state index contributed by atoms with van der Waals surface area (Å²) in [5, 5.41) is 16.2. The van der Waals surface area contributed by atoms with Crippen LogP contribution < -0.4 is 10.6 Å². The molecule has 3 fully saturated rings. The maximum absolute atomic E-state index is 14.1. The Morgan fingerprint density at radius 3 is 2.51 bits per heavy atom. The number of hydrogen-bond donors (Lipinski definition) is 3. The Morgan fingerprint density at radius 1 is 1.11 bits per heavy atom. The average molecular weight is 506 g/mol. The van der Waals surface area contributed by atoms with E-state index in [9.17, 15) is 19.5 Å². The number of carbonyl (C=O) groups excluding carboxylic acids is 3. The third kappa shape index (κ3) is 3.94. The number of rotatable bonds is 7. The second-order valence-electron chi connectivity index (χ2n) is 10.9. The number of benzene rings is 2. The van der Waals surface area contributed by atoms with Gasteiger partial charge in [-0.05, 0) is 69.4 Å². The van der Waals surface area contributed by atoms with Crippen LogP contribution >= 0.6 is 0 Å². The smallest absolute Gasteiger partial charge is 0.250 e. The first-order valence-electron chi connectivity index (χ1n) is 13.0. The van der Waals surface area contributed by atoms with Crippen LogP contribution in [0.2, 0.25) is 0 Å². The minimum Gasteiger partial charge on any atom is -0.394 e. The van der Waals surface area contributed by atoms with Crippen LogP contribution in [0.4, 0.5) is 11.4 Å². The number of nitrogens with zero attached hydrogens (tertiary/aromatic N) is 1. The predicted octanol–water partition coefficient (Wildman–Crippen LogP) is 3.42. The number of fused-ring (bicyclic) bond motifs is 1. The van der Waals surface area contributed by atoms with Gasteiger partial charge in [0.1, 0.15) is 11.6 Å². The molecular weight excluding hydrogens is 470 g/mol. The van der Waals surface area contributed by atoms with Crippen LogP contribution in [-0.2, 0) is 19.1 Å². The van der Waals surface area contributed by atoms with E-state index in [1.807, 2.05) is 64.1 Å². The van der Waals surface area contributed by atoms with Crippen molar-refractivity contribution in [3.05, 3.63) is 59.7 Å². The molecule has 3 heterocycles. The molecular formula is C29H35N3O5. The minimum absolute atomic E-state index is 0.281. The molecule has 0 radical (unpaired) electrons. The lowest BCUT2D eigenvalue weighted by molar-refractivity contribution is -0.146. The Balaban J connectivity index is 1.54. The van der Waals surface area contributed by atoms with Gasteiger partial charge in [0.25, 0.3) is 0 Å². The van der Waals surface area contributed by atoms with E-state index in [2.05, 4.69) is 10.6 Å². The number of nitrogens with one attached hydrogen (secondary N) is 2. The van der Waals surface area contributed by atoms with Crippen molar-refractivity contribution in [2.75, 3.05) is 17.2 Å². The Labute approximate surface area is 217 Å². The molecule has 3 N–H and O–H groups in total. The van der Waals surface area contributed by atoms with E-state index in [1.54, 1.807) is 12.1 Å². The van der Waals surface area contributed by atoms with Crippen LogP contribution in [0.1, 0.15) is 44.2 Å². The quantitative estimate of drug-likeness (QED) is 0.535. The summed E-state index contributed by atoms with van der Waals surface area (Å²) in [6, 6.07) is 13.4. The highest BCUT2D eigenvalue weighted by Crippen LogP contribution is 2.63. The number of carbonyl (C=O) groups is 3. The molecule has 1 spiro atoms. The van der Waals surface area contributed by atoms with E-state index in [1.165, 1.54) is 4.90 Å². The highest BCUT2D eigenvalue weighted by molar-refractivity contribution is 6.05. The number of likely N-dealkylation sites (tertiary alicyclic amines) is 1. The fourth-order valence-electron chi connectivity index (χ4n) is 6.68. The number of hydrogen-bond acceptors (Lipinski definition) is 5. The number of aryl methyl sites for hydroxylation is 2. The molecule has 2 aromatic carbocycles. The zero-order valence-electron chi connectivity index (χ0n) is 21.8. The standard InChI is InChI=1S/C29H35N3O5/c1-5-20(16-33)32-24(26(35)31-21-15-17(2)11-12-18(21)3)29-14-13-28(4,37-29)22(23(29)27(32)36)25(34)30-19-9-7-6-8-10-19/h6-12,15,20,22-24,33H,5,13-14,16H2,1-4H3,(H,30,34)(H,31,35)/t20-,22-,23-,24?,28+,29?/m0/s1. The maximum atomic E-state index is 14.1. The lowest BCUT2D eigenvalue weighted by atomic mass is 9.66. The van der Waals surface area contributed by atoms with Crippen LogP contribution in [-0.4, -0.2) is 57.6 Å². The number of amides is 3. The van der Waals surface area contributed by atoms with Crippen LogP contribution in [0.25, 0.3) is 0 Å². The summed E-state index contributed by atoms with van der Waals surface area (Å²) in [7, 11) is 0. The first-order valence-corrected chi connectivity index (χ1v) is 13.0. The molecule has 3 amide bonds. The van der Waals surface area contributed by atoms with Crippen LogP contribution in [0.15, 0.2) is 48.5 Å². The van der Waals surface area contributed by atoms with Crippen molar-refractivity contribution in [2.24, 2.45) is 11.8 Å². The van der Waals surface area contributed by atoms with Gasteiger partial charge in [0.15, 0.2) is 0 Å². The van der Waals surface area contributed by atoms with Crippen molar-refractivity contribution < 1.29 is 24.2 Å². The highest BCUT2D eigenvalue weighted by atomic mass is 16.5. The van der Waals surface area contributed by atoms with Gasteiger partial charge in [-0.3, -0.25) is 14.4 Å². The molecule has 6 atom stereocenters. The summed E-state index contributed by atoms with van der Waals surface area (Å²) in [6.45, 7) is 7.33. The van der Waals surface area contributed by atoms with Crippen molar-refractivity contribution >= 4 is 29.1 Å². The van der Waals surface area contributed by atoms with Crippen LogP contribution in [0.5, 0.6) is 0 Å². The molecule has 0 saturated carbocycles. The van der Waals surface area contributed by atoms with Crippen LogP contribution in [0.3, 0.4) is 0 Å². The maximum Gasteiger partial charge on any atom is 0.250 e. The summed E-state index contributed by atoms with van der Waals surface area (Å²) in [5.41, 5.74) is 1.20.